The summed E-state index contributed by atoms with van der Waals surface area (Å²) in [6.07, 6.45) is 3.88. The van der Waals surface area contributed by atoms with Crippen molar-refractivity contribution in [3.63, 3.8) is 0 Å². The molecule has 146 valence electrons. The molecule has 1 saturated carbocycles. The van der Waals surface area contributed by atoms with Gasteiger partial charge in [-0.1, -0.05) is 18.8 Å². The van der Waals surface area contributed by atoms with Crippen molar-refractivity contribution in [1.82, 2.24) is 14.8 Å². The Morgan fingerprint density at radius 3 is 2.81 bits per heavy atom. The molecule has 6 heteroatoms. The van der Waals surface area contributed by atoms with Gasteiger partial charge < -0.3 is 19.6 Å². The maximum absolute atomic E-state index is 13.2. The Kier molecular flexibility index (Phi) is 6.03. The number of ether oxygens (including phenoxy) is 1. The van der Waals surface area contributed by atoms with E-state index < -0.39 is 0 Å². The van der Waals surface area contributed by atoms with Crippen LogP contribution in [0.2, 0.25) is 0 Å². The third-order valence-electron chi connectivity index (χ3n) is 5.06. The molecule has 1 aliphatic heterocycles. The molecule has 2 heterocycles. The number of aliphatic hydroxyl groups is 1. The molecule has 3 rings (SSSR count). The van der Waals surface area contributed by atoms with Crippen molar-refractivity contribution in [2.75, 3.05) is 33.8 Å². The van der Waals surface area contributed by atoms with Gasteiger partial charge in [-0.3, -0.25) is 4.79 Å². The summed E-state index contributed by atoms with van der Waals surface area (Å²) in [5, 5.41) is 9.65. The molecule has 1 aromatic heterocycles. The number of hydrogen-bond donors (Lipinski definition) is 1. The zero-order valence-corrected chi connectivity index (χ0v) is 16.6. The van der Waals surface area contributed by atoms with Gasteiger partial charge in [-0.05, 0) is 39.9 Å². The van der Waals surface area contributed by atoms with Gasteiger partial charge in [0, 0.05) is 36.7 Å². The first-order valence-electron chi connectivity index (χ1n) is 9.63. The van der Waals surface area contributed by atoms with Gasteiger partial charge >= 0.3 is 0 Å². The summed E-state index contributed by atoms with van der Waals surface area (Å²) >= 11 is 0. The highest BCUT2D eigenvalue weighted by Gasteiger charge is 2.33. The van der Waals surface area contributed by atoms with Crippen molar-refractivity contribution in [1.29, 1.82) is 0 Å². The number of nitrogens with zero attached hydrogens (tertiary/aromatic N) is 3. The molecule has 2 aliphatic rings. The summed E-state index contributed by atoms with van der Waals surface area (Å²) < 4.78 is 6.17. The van der Waals surface area contributed by atoms with Crippen LogP contribution >= 0.6 is 0 Å². The maximum atomic E-state index is 13.2. The quantitative estimate of drug-likeness (QED) is 0.815. The molecule has 27 heavy (non-hydrogen) atoms. The van der Waals surface area contributed by atoms with Gasteiger partial charge in [0.1, 0.15) is 11.7 Å². The molecule has 1 N–H and O–H groups in total. The van der Waals surface area contributed by atoms with Crippen LogP contribution in [0.25, 0.3) is 0 Å². The molecule has 0 unspecified atom stereocenters. The first kappa shape index (κ1) is 19.7. The lowest BCUT2D eigenvalue weighted by molar-refractivity contribution is 0.0348. The van der Waals surface area contributed by atoms with Crippen molar-refractivity contribution in [3.8, 4) is 17.7 Å². The molecule has 1 aliphatic carbocycles. The normalized spacial score (nSPS) is 23.6. The summed E-state index contributed by atoms with van der Waals surface area (Å²) in [4.78, 5) is 21.4. The number of aromatic nitrogens is 1. The summed E-state index contributed by atoms with van der Waals surface area (Å²) in [5.41, 5.74) is 1.15. The molecule has 0 spiro atoms. The number of aliphatic hydroxyl groups excluding tert-OH is 1. The van der Waals surface area contributed by atoms with Crippen LogP contribution in [-0.2, 0) is 0 Å². The van der Waals surface area contributed by atoms with Gasteiger partial charge in [-0.15, -0.1) is 0 Å². The second kappa shape index (κ2) is 8.28. The predicted molar refractivity (Wildman–Crippen MR) is 104 cm³/mol. The third kappa shape index (κ3) is 4.79. The second-order valence-electron chi connectivity index (χ2n) is 8.01. The summed E-state index contributed by atoms with van der Waals surface area (Å²) in [6.45, 7) is 5.09. The first-order chi connectivity index (χ1) is 12.9. The average molecular weight is 371 g/mol. The van der Waals surface area contributed by atoms with E-state index in [4.69, 9.17) is 4.74 Å². The fourth-order valence-electron chi connectivity index (χ4n) is 3.16. The zero-order chi connectivity index (χ0) is 19.6. The van der Waals surface area contributed by atoms with Crippen LogP contribution in [0.5, 0.6) is 5.88 Å². The SMILES string of the molecule is C[C@H](CO)N1C[C@H](C)[C@@H](CN(C)C)Oc2ncc(C#CC3CC3)cc2C1=O. The molecule has 0 saturated heterocycles. The van der Waals surface area contributed by atoms with E-state index in [0.29, 0.717) is 23.9 Å². The smallest absolute Gasteiger partial charge is 0.259 e. The Labute approximate surface area is 161 Å². The lowest BCUT2D eigenvalue weighted by Gasteiger charge is -2.37. The number of hydrogen-bond acceptors (Lipinski definition) is 5. The van der Waals surface area contributed by atoms with Gasteiger partial charge in [-0.25, -0.2) is 4.98 Å². The third-order valence-corrected chi connectivity index (χ3v) is 5.06. The van der Waals surface area contributed by atoms with Crippen LogP contribution in [0.4, 0.5) is 0 Å². The standard InChI is InChI=1S/C21H29N3O3/c1-14-11-24(15(2)13-25)21(26)18-9-17(8-7-16-5-6-16)10-22-20(18)27-19(14)12-23(3)4/h9-10,14-16,19,25H,5-6,11-13H2,1-4H3/t14-,15+,19+/m0/s1. The summed E-state index contributed by atoms with van der Waals surface area (Å²) in [5.74, 6) is 7.11. The van der Waals surface area contributed by atoms with Gasteiger partial charge in [0.2, 0.25) is 5.88 Å². The van der Waals surface area contributed by atoms with Gasteiger partial charge in [0.05, 0.1) is 12.6 Å². The van der Waals surface area contributed by atoms with E-state index in [9.17, 15) is 9.90 Å². The Morgan fingerprint density at radius 1 is 1.44 bits per heavy atom. The van der Waals surface area contributed by atoms with Crippen molar-refractivity contribution >= 4 is 5.91 Å². The van der Waals surface area contributed by atoms with E-state index in [1.807, 2.05) is 21.0 Å². The second-order valence-corrected chi connectivity index (χ2v) is 8.01. The van der Waals surface area contributed by atoms with Gasteiger partial charge in [0.15, 0.2) is 0 Å². The van der Waals surface area contributed by atoms with Gasteiger partial charge in [-0.2, -0.15) is 0 Å². The van der Waals surface area contributed by atoms with Crippen LogP contribution in [0.15, 0.2) is 12.3 Å². The molecule has 0 radical (unpaired) electrons. The lowest BCUT2D eigenvalue weighted by atomic mass is 10.00. The number of pyridine rings is 1. The molecular formula is C21H29N3O3. The minimum atomic E-state index is -0.271. The van der Waals surface area contributed by atoms with Crippen LogP contribution in [-0.4, -0.2) is 71.7 Å². The highest BCUT2D eigenvalue weighted by atomic mass is 16.5. The average Bonchev–Trinajstić information content (AvgIpc) is 3.46. The van der Waals surface area contributed by atoms with Crippen LogP contribution in [0, 0.1) is 23.7 Å². The number of carbonyl (C=O) groups excluding carboxylic acids is 1. The van der Waals surface area contributed by atoms with Crippen molar-refractivity contribution < 1.29 is 14.6 Å². The van der Waals surface area contributed by atoms with E-state index >= 15 is 0 Å². The van der Waals surface area contributed by atoms with E-state index in [1.165, 1.54) is 0 Å². The Hall–Kier alpha value is -2.10. The number of rotatable bonds is 4. The predicted octanol–water partition coefficient (Wildman–Crippen LogP) is 1.62. The van der Waals surface area contributed by atoms with Crippen molar-refractivity contribution in [2.45, 2.75) is 38.8 Å². The highest BCUT2D eigenvalue weighted by molar-refractivity contribution is 5.97. The molecule has 6 nitrogen and oxygen atoms in total. The monoisotopic (exact) mass is 371 g/mol. The number of amides is 1. The minimum absolute atomic E-state index is 0.0817. The summed E-state index contributed by atoms with van der Waals surface area (Å²) in [6, 6.07) is 1.51. The molecule has 0 aromatic carbocycles. The fourth-order valence-corrected chi connectivity index (χ4v) is 3.16. The van der Waals surface area contributed by atoms with Crippen molar-refractivity contribution in [3.05, 3.63) is 23.4 Å². The maximum Gasteiger partial charge on any atom is 0.259 e. The molecule has 1 fully saturated rings. The summed E-state index contributed by atoms with van der Waals surface area (Å²) in [7, 11) is 4.00. The topological polar surface area (TPSA) is 65.9 Å². The highest BCUT2D eigenvalue weighted by Crippen LogP contribution is 2.29. The minimum Gasteiger partial charge on any atom is -0.472 e. The Morgan fingerprint density at radius 2 is 2.19 bits per heavy atom. The molecule has 1 amide bonds. The van der Waals surface area contributed by atoms with Gasteiger partial charge in [0.25, 0.3) is 5.91 Å². The van der Waals surface area contributed by atoms with Crippen molar-refractivity contribution in [2.24, 2.45) is 11.8 Å². The number of likely N-dealkylation sites (N-methyl/N-ethyl adjacent to an activating group) is 1. The van der Waals surface area contributed by atoms with Crippen LogP contribution in [0.1, 0.15) is 42.6 Å². The molecule has 3 atom stereocenters. The largest absolute Gasteiger partial charge is 0.472 e. The Balaban J connectivity index is 1.98. The number of fused-ring (bicyclic) bond motifs is 1. The molecule has 1 aromatic rings. The van der Waals surface area contributed by atoms with Crippen LogP contribution in [0.3, 0.4) is 0 Å². The first-order valence-corrected chi connectivity index (χ1v) is 9.63. The zero-order valence-electron chi connectivity index (χ0n) is 16.6. The fraction of sp³-hybridized carbons (Fsp3) is 0.619. The van der Waals surface area contributed by atoms with E-state index in [0.717, 1.165) is 24.9 Å². The van der Waals surface area contributed by atoms with E-state index in [2.05, 4.69) is 28.6 Å². The molecule has 0 bridgehead atoms. The number of carbonyl (C=O) groups is 1. The lowest BCUT2D eigenvalue weighted by Crippen LogP contribution is -2.49. The van der Waals surface area contributed by atoms with E-state index in [-0.39, 0.29) is 30.6 Å². The van der Waals surface area contributed by atoms with E-state index in [1.54, 1.807) is 17.2 Å². The Bertz CT molecular complexity index is 749. The molecular weight excluding hydrogens is 342 g/mol. The van der Waals surface area contributed by atoms with Crippen LogP contribution < -0.4 is 4.74 Å².